The highest BCUT2D eigenvalue weighted by molar-refractivity contribution is 4.97. The predicted molar refractivity (Wildman–Crippen MR) is 67.1 cm³/mol. The highest BCUT2D eigenvalue weighted by Gasteiger charge is 2.42. The fraction of sp³-hybridized carbons (Fsp3) is 1.00. The Morgan fingerprint density at radius 2 is 2.18 bits per heavy atom. The van der Waals surface area contributed by atoms with Gasteiger partial charge in [0.15, 0.2) is 0 Å². The minimum absolute atomic E-state index is 0.0917. The van der Waals surface area contributed by atoms with Crippen molar-refractivity contribution in [1.82, 2.24) is 5.32 Å². The first-order valence-corrected chi connectivity index (χ1v) is 7.24. The molecule has 3 nitrogen and oxygen atoms in total. The van der Waals surface area contributed by atoms with Crippen LogP contribution in [0.5, 0.6) is 0 Å². The summed E-state index contributed by atoms with van der Waals surface area (Å²) in [6, 6.07) is 1.24. The first kappa shape index (κ1) is 11.9. The van der Waals surface area contributed by atoms with E-state index in [1.807, 2.05) is 0 Å². The number of nitrogens with one attached hydrogen (secondary N) is 1. The standard InChI is InChI=1S/C14H25NO2/c1-3-14(2)9-10(6-7-16-14)15-12-8-11-4-5-13(12)17-11/h10-13,15H,3-9H2,1-2H3. The van der Waals surface area contributed by atoms with E-state index in [1.54, 1.807) is 0 Å². The van der Waals surface area contributed by atoms with Gasteiger partial charge in [0, 0.05) is 18.7 Å². The van der Waals surface area contributed by atoms with Crippen LogP contribution in [0.15, 0.2) is 0 Å². The van der Waals surface area contributed by atoms with Gasteiger partial charge >= 0.3 is 0 Å². The van der Waals surface area contributed by atoms with Crippen LogP contribution in [-0.4, -0.2) is 36.5 Å². The third-order valence-corrected chi connectivity index (χ3v) is 4.90. The van der Waals surface area contributed by atoms with Gasteiger partial charge < -0.3 is 14.8 Å². The van der Waals surface area contributed by atoms with E-state index in [9.17, 15) is 0 Å². The number of hydrogen-bond acceptors (Lipinski definition) is 3. The van der Waals surface area contributed by atoms with Crippen LogP contribution in [0.1, 0.15) is 52.4 Å². The summed E-state index contributed by atoms with van der Waals surface area (Å²) >= 11 is 0. The van der Waals surface area contributed by atoms with Crippen LogP contribution in [0.4, 0.5) is 0 Å². The number of rotatable bonds is 3. The maximum Gasteiger partial charge on any atom is 0.0733 e. The van der Waals surface area contributed by atoms with E-state index in [0.29, 0.717) is 24.3 Å². The molecule has 3 fully saturated rings. The molecule has 3 saturated heterocycles. The molecule has 3 aliphatic heterocycles. The van der Waals surface area contributed by atoms with E-state index < -0.39 is 0 Å². The van der Waals surface area contributed by atoms with Gasteiger partial charge in [-0.25, -0.2) is 0 Å². The summed E-state index contributed by atoms with van der Waals surface area (Å²) in [5, 5.41) is 3.83. The molecule has 98 valence electrons. The van der Waals surface area contributed by atoms with Gasteiger partial charge in [0.05, 0.1) is 17.8 Å². The summed E-state index contributed by atoms with van der Waals surface area (Å²) in [4.78, 5) is 0. The molecular weight excluding hydrogens is 214 g/mol. The molecule has 0 aliphatic carbocycles. The molecule has 0 aromatic carbocycles. The number of fused-ring (bicyclic) bond motifs is 2. The fourth-order valence-corrected chi connectivity index (χ4v) is 3.63. The van der Waals surface area contributed by atoms with Gasteiger partial charge in [-0.15, -0.1) is 0 Å². The summed E-state index contributed by atoms with van der Waals surface area (Å²) in [5.74, 6) is 0. The average molecular weight is 239 g/mol. The third kappa shape index (κ3) is 2.38. The largest absolute Gasteiger partial charge is 0.375 e. The zero-order valence-corrected chi connectivity index (χ0v) is 11.1. The zero-order valence-electron chi connectivity index (χ0n) is 11.1. The number of hydrogen-bond donors (Lipinski definition) is 1. The smallest absolute Gasteiger partial charge is 0.0733 e. The maximum atomic E-state index is 5.91. The molecule has 17 heavy (non-hydrogen) atoms. The van der Waals surface area contributed by atoms with Gasteiger partial charge in [0.2, 0.25) is 0 Å². The van der Waals surface area contributed by atoms with Crippen LogP contribution in [0.3, 0.4) is 0 Å². The van der Waals surface area contributed by atoms with Crippen LogP contribution in [0, 0.1) is 0 Å². The Balaban J connectivity index is 1.55. The van der Waals surface area contributed by atoms with E-state index in [1.165, 1.54) is 19.3 Å². The molecule has 0 amide bonds. The van der Waals surface area contributed by atoms with E-state index >= 15 is 0 Å². The Morgan fingerprint density at radius 1 is 1.29 bits per heavy atom. The topological polar surface area (TPSA) is 30.5 Å². The van der Waals surface area contributed by atoms with Crippen molar-refractivity contribution in [1.29, 1.82) is 0 Å². The first-order valence-electron chi connectivity index (χ1n) is 7.24. The Hall–Kier alpha value is -0.120. The monoisotopic (exact) mass is 239 g/mol. The summed E-state index contributed by atoms with van der Waals surface area (Å²) in [6.45, 7) is 5.38. The van der Waals surface area contributed by atoms with E-state index in [0.717, 1.165) is 25.9 Å². The highest BCUT2D eigenvalue weighted by Crippen LogP contribution is 2.36. The lowest BCUT2D eigenvalue weighted by molar-refractivity contribution is -0.0798. The van der Waals surface area contributed by atoms with E-state index in [-0.39, 0.29) is 5.60 Å². The SMILES string of the molecule is CCC1(C)CC(NC2CC3CCC2O3)CCO1. The molecule has 3 rings (SSSR count). The van der Waals surface area contributed by atoms with Crippen LogP contribution in [-0.2, 0) is 9.47 Å². The lowest BCUT2D eigenvalue weighted by Crippen LogP contribution is -2.50. The Bertz CT molecular complexity index is 283. The molecule has 0 aromatic heterocycles. The third-order valence-electron chi connectivity index (χ3n) is 4.90. The van der Waals surface area contributed by atoms with Crippen molar-refractivity contribution in [2.45, 2.75) is 82.3 Å². The Kier molecular flexibility index (Phi) is 3.18. The minimum atomic E-state index is 0.0917. The molecule has 5 atom stereocenters. The molecule has 5 unspecified atom stereocenters. The molecule has 1 N–H and O–H groups in total. The Labute approximate surface area is 104 Å². The van der Waals surface area contributed by atoms with Crippen LogP contribution in [0.25, 0.3) is 0 Å². The average Bonchev–Trinajstić information content (AvgIpc) is 2.91. The van der Waals surface area contributed by atoms with Crippen molar-refractivity contribution in [3.63, 3.8) is 0 Å². The van der Waals surface area contributed by atoms with Gasteiger partial charge in [-0.2, -0.15) is 0 Å². The molecule has 2 bridgehead atoms. The summed E-state index contributed by atoms with van der Waals surface area (Å²) in [7, 11) is 0. The molecule has 0 aromatic rings. The molecular formula is C14H25NO2. The molecule has 0 radical (unpaired) electrons. The van der Waals surface area contributed by atoms with Crippen molar-refractivity contribution >= 4 is 0 Å². The van der Waals surface area contributed by atoms with E-state index in [2.05, 4.69) is 19.2 Å². The van der Waals surface area contributed by atoms with Crippen LogP contribution in [0.2, 0.25) is 0 Å². The van der Waals surface area contributed by atoms with Crippen molar-refractivity contribution < 1.29 is 9.47 Å². The van der Waals surface area contributed by atoms with Crippen molar-refractivity contribution in [2.24, 2.45) is 0 Å². The van der Waals surface area contributed by atoms with Crippen molar-refractivity contribution in [3.05, 3.63) is 0 Å². The molecule has 3 heterocycles. The Morgan fingerprint density at radius 3 is 2.82 bits per heavy atom. The summed E-state index contributed by atoms with van der Waals surface area (Å²) in [6.07, 6.45) is 8.23. The lowest BCUT2D eigenvalue weighted by atomic mass is 9.88. The second kappa shape index (κ2) is 4.52. The predicted octanol–water partition coefficient (Wildman–Crippen LogP) is 2.24. The zero-order chi connectivity index (χ0) is 11.9. The van der Waals surface area contributed by atoms with Crippen molar-refractivity contribution in [3.8, 4) is 0 Å². The van der Waals surface area contributed by atoms with Gasteiger partial charge in [0.25, 0.3) is 0 Å². The van der Waals surface area contributed by atoms with Crippen molar-refractivity contribution in [2.75, 3.05) is 6.61 Å². The molecule has 0 saturated carbocycles. The molecule has 3 aliphatic rings. The summed E-state index contributed by atoms with van der Waals surface area (Å²) in [5.41, 5.74) is 0.0917. The highest BCUT2D eigenvalue weighted by atomic mass is 16.5. The second-order valence-corrected chi connectivity index (χ2v) is 6.22. The fourth-order valence-electron chi connectivity index (χ4n) is 3.63. The summed E-state index contributed by atoms with van der Waals surface area (Å²) < 4.78 is 11.8. The van der Waals surface area contributed by atoms with Crippen LogP contribution < -0.4 is 5.32 Å². The van der Waals surface area contributed by atoms with Gasteiger partial charge in [-0.3, -0.25) is 0 Å². The minimum Gasteiger partial charge on any atom is -0.375 e. The normalized spacial score (nSPS) is 49.8. The second-order valence-electron chi connectivity index (χ2n) is 6.22. The lowest BCUT2D eigenvalue weighted by Gasteiger charge is -2.39. The van der Waals surface area contributed by atoms with Gasteiger partial charge in [-0.05, 0) is 45.4 Å². The van der Waals surface area contributed by atoms with Gasteiger partial charge in [-0.1, -0.05) is 6.92 Å². The van der Waals surface area contributed by atoms with Crippen LogP contribution >= 0.6 is 0 Å². The molecule has 3 heteroatoms. The molecule has 0 spiro atoms. The number of ether oxygens (including phenoxy) is 2. The quantitative estimate of drug-likeness (QED) is 0.819. The van der Waals surface area contributed by atoms with E-state index in [4.69, 9.17) is 9.47 Å². The van der Waals surface area contributed by atoms with Gasteiger partial charge in [0.1, 0.15) is 0 Å². The maximum absolute atomic E-state index is 5.91. The first-order chi connectivity index (χ1) is 8.18.